The fourth-order valence-electron chi connectivity index (χ4n) is 8.35. The Hall–Kier alpha value is -5.89. The Morgan fingerprint density at radius 3 is 2.16 bits per heavy atom. The number of nitrogens with zero attached hydrogens (tertiary/aromatic N) is 2. The first-order valence-corrected chi connectivity index (χ1v) is 23.7. The topological polar surface area (TPSA) is 178 Å². The second-order valence-electron chi connectivity index (χ2n) is 17.8. The molecule has 4 amide bonds. The smallest absolute Gasteiger partial charge is 0.328 e. The van der Waals surface area contributed by atoms with Crippen LogP contribution in [-0.4, -0.2) is 104 Å². The lowest BCUT2D eigenvalue weighted by Crippen LogP contribution is -2.53. The van der Waals surface area contributed by atoms with Crippen LogP contribution in [0.5, 0.6) is 5.75 Å². The molecule has 0 unspecified atom stereocenters. The third-order valence-corrected chi connectivity index (χ3v) is 12.6. The molecule has 0 radical (unpaired) electrons. The molecule has 14 heteroatoms. The molecule has 1 aliphatic rings. The standard InChI is InChI=1S/C53H72N4O10/c1-9-10-11-12-13-14-15-19-22-48(60)56(5)44(34-67-33-38-20-17-16-18-21-38)52(63)54-37(4)45(58)26-28-49(61)57(6)50-40-25-27-47(65-7)42(32-40)41-30-39(24-23-35(41)2)31-43(53(64)66-8)55-51(62)36(3)29-46(50)59/h16-18,20-21,23-25,27,30,32,36-37,43-44,50H,9-15,19,22,26,28-29,31,33-34H2,1-8H3,(H,54,63)(H,55,62)/t36-,37-,43+,44-,50+/m1/s1. The Labute approximate surface area is 396 Å². The van der Waals surface area contributed by atoms with Crippen LogP contribution in [0.25, 0.3) is 11.1 Å². The van der Waals surface area contributed by atoms with E-state index in [2.05, 4.69) is 17.6 Å². The molecule has 14 nitrogen and oxygen atoms in total. The number of rotatable bonds is 23. The van der Waals surface area contributed by atoms with Gasteiger partial charge in [0.15, 0.2) is 11.6 Å². The van der Waals surface area contributed by atoms with E-state index in [1.165, 1.54) is 63.7 Å². The number of amides is 4. The highest BCUT2D eigenvalue weighted by Gasteiger charge is 2.34. The number of hydrogen-bond donors (Lipinski definition) is 2. The minimum Gasteiger partial charge on any atom is -0.496 e. The van der Waals surface area contributed by atoms with E-state index in [1.807, 2.05) is 55.5 Å². The molecule has 364 valence electrons. The van der Waals surface area contributed by atoms with Gasteiger partial charge in [-0.2, -0.15) is 0 Å². The Kier molecular flexibility index (Phi) is 21.7. The number of methoxy groups -OCH3 is 2. The number of Topliss-reactive ketones (excluding diaryl/α,β-unsaturated/α-hetero) is 2. The van der Waals surface area contributed by atoms with E-state index in [0.717, 1.165) is 41.5 Å². The van der Waals surface area contributed by atoms with Crippen molar-refractivity contribution in [2.75, 3.05) is 34.9 Å². The number of benzene rings is 3. The van der Waals surface area contributed by atoms with Gasteiger partial charge in [0.2, 0.25) is 23.6 Å². The molecular weight excluding hydrogens is 853 g/mol. The number of esters is 1. The van der Waals surface area contributed by atoms with Gasteiger partial charge in [0, 0.05) is 57.7 Å². The lowest BCUT2D eigenvalue weighted by Gasteiger charge is -2.30. The van der Waals surface area contributed by atoms with Gasteiger partial charge in [0.05, 0.1) is 33.5 Å². The molecule has 0 aromatic heterocycles. The van der Waals surface area contributed by atoms with Crippen LogP contribution in [0, 0.1) is 12.8 Å². The van der Waals surface area contributed by atoms with Crippen LogP contribution in [0.4, 0.5) is 0 Å². The summed E-state index contributed by atoms with van der Waals surface area (Å²) in [6.45, 7) is 7.36. The average Bonchev–Trinajstić information content (AvgIpc) is 3.32. The summed E-state index contributed by atoms with van der Waals surface area (Å²) >= 11 is 0. The molecule has 4 rings (SSSR count). The first-order chi connectivity index (χ1) is 32.1. The molecule has 3 aromatic carbocycles. The second kappa shape index (κ2) is 27.1. The summed E-state index contributed by atoms with van der Waals surface area (Å²) < 4.78 is 16.7. The molecule has 0 saturated heterocycles. The van der Waals surface area contributed by atoms with Gasteiger partial charge in [-0.1, -0.05) is 113 Å². The van der Waals surface area contributed by atoms with Gasteiger partial charge in [0.1, 0.15) is 23.9 Å². The van der Waals surface area contributed by atoms with Crippen LogP contribution in [0.1, 0.15) is 126 Å². The summed E-state index contributed by atoms with van der Waals surface area (Å²) in [5, 5.41) is 5.52. The van der Waals surface area contributed by atoms with Crippen LogP contribution in [0.2, 0.25) is 0 Å². The number of aryl methyl sites for hydroxylation is 1. The number of carbonyl (C=O) groups is 7. The van der Waals surface area contributed by atoms with E-state index < -0.39 is 65.3 Å². The monoisotopic (exact) mass is 925 g/mol. The fourth-order valence-corrected chi connectivity index (χ4v) is 8.35. The van der Waals surface area contributed by atoms with Gasteiger partial charge in [0.25, 0.3) is 0 Å². The van der Waals surface area contributed by atoms with Gasteiger partial charge in [-0.15, -0.1) is 0 Å². The summed E-state index contributed by atoms with van der Waals surface area (Å²) in [5.74, 6) is -3.62. The summed E-state index contributed by atoms with van der Waals surface area (Å²) in [4.78, 5) is 98.3. The molecule has 67 heavy (non-hydrogen) atoms. The average molecular weight is 925 g/mol. The first kappa shape index (κ1) is 53.7. The van der Waals surface area contributed by atoms with Crippen LogP contribution in [-0.2, 0) is 56.1 Å². The minimum atomic E-state index is -1.15. The van der Waals surface area contributed by atoms with E-state index in [-0.39, 0.29) is 51.2 Å². The third kappa shape index (κ3) is 15.9. The summed E-state index contributed by atoms with van der Waals surface area (Å²) in [5.41, 5.74) is 4.45. The van der Waals surface area contributed by atoms with Gasteiger partial charge in [-0.25, -0.2) is 4.79 Å². The van der Waals surface area contributed by atoms with E-state index in [0.29, 0.717) is 23.3 Å². The molecule has 0 saturated carbocycles. The maximum Gasteiger partial charge on any atom is 0.328 e. The predicted octanol–water partition coefficient (Wildman–Crippen LogP) is 7.41. The van der Waals surface area contributed by atoms with Gasteiger partial charge in [-0.3, -0.25) is 28.8 Å². The molecule has 5 atom stereocenters. The highest BCUT2D eigenvalue weighted by Crippen LogP contribution is 2.37. The summed E-state index contributed by atoms with van der Waals surface area (Å²) in [6.07, 6.45) is 8.29. The van der Waals surface area contributed by atoms with Crippen molar-refractivity contribution in [1.29, 1.82) is 0 Å². The molecule has 0 spiro atoms. The number of fused-ring (bicyclic) bond motifs is 5. The summed E-state index contributed by atoms with van der Waals surface area (Å²) in [6, 6.07) is 16.2. The van der Waals surface area contributed by atoms with E-state index in [9.17, 15) is 33.6 Å². The van der Waals surface area contributed by atoms with E-state index in [4.69, 9.17) is 14.2 Å². The second-order valence-corrected chi connectivity index (χ2v) is 17.8. The van der Waals surface area contributed by atoms with Crippen molar-refractivity contribution in [3.63, 3.8) is 0 Å². The predicted molar refractivity (Wildman–Crippen MR) is 257 cm³/mol. The molecule has 3 aromatic rings. The molecule has 1 aliphatic heterocycles. The first-order valence-electron chi connectivity index (χ1n) is 23.7. The lowest BCUT2D eigenvalue weighted by molar-refractivity contribution is -0.145. The number of hydrogen-bond acceptors (Lipinski definition) is 10. The van der Waals surface area contributed by atoms with E-state index in [1.54, 1.807) is 32.2 Å². The minimum absolute atomic E-state index is 0.0930. The zero-order valence-corrected chi connectivity index (χ0v) is 40.8. The molecule has 2 N–H and O–H groups in total. The Balaban J connectivity index is 1.49. The maximum atomic E-state index is 14.3. The highest BCUT2D eigenvalue weighted by molar-refractivity contribution is 5.96. The molecule has 0 fully saturated rings. The number of ether oxygens (including phenoxy) is 3. The number of carbonyl (C=O) groups excluding carboxylic acids is 7. The Morgan fingerprint density at radius 1 is 0.806 bits per heavy atom. The molecule has 4 bridgehead atoms. The van der Waals surface area contributed by atoms with Crippen molar-refractivity contribution in [3.8, 4) is 16.9 Å². The van der Waals surface area contributed by atoms with Crippen molar-refractivity contribution in [3.05, 3.63) is 89.0 Å². The lowest BCUT2D eigenvalue weighted by atomic mass is 9.89. The van der Waals surface area contributed by atoms with Crippen molar-refractivity contribution < 1.29 is 47.8 Å². The number of nitrogens with one attached hydrogen (secondary N) is 2. The highest BCUT2D eigenvalue weighted by atomic mass is 16.5. The molecular formula is C53H72N4O10. The largest absolute Gasteiger partial charge is 0.496 e. The van der Waals surface area contributed by atoms with Crippen molar-refractivity contribution in [2.45, 2.75) is 142 Å². The summed E-state index contributed by atoms with van der Waals surface area (Å²) in [7, 11) is 5.84. The molecule has 1 heterocycles. The zero-order chi connectivity index (χ0) is 49.0. The number of unbranched alkanes of at least 4 members (excludes halogenated alkanes) is 7. The van der Waals surface area contributed by atoms with Crippen LogP contribution in [0.15, 0.2) is 66.7 Å². The van der Waals surface area contributed by atoms with Gasteiger partial charge < -0.3 is 34.6 Å². The van der Waals surface area contributed by atoms with Crippen molar-refractivity contribution in [1.82, 2.24) is 20.4 Å². The third-order valence-electron chi connectivity index (χ3n) is 12.6. The quantitative estimate of drug-likeness (QED) is 0.0719. The normalized spacial score (nSPS) is 17.0. The van der Waals surface area contributed by atoms with Gasteiger partial charge in [-0.05, 0) is 60.2 Å². The Bertz CT molecular complexity index is 2160. The number of likely N-dealkylation sites (N-methyl/N-ethyl adjacent to an activating group) is 2. The SMILES string of the molecule is CCCCCCCCCCC(=O)N(C)[C@H](COCc1ccccc1)C(=O)N[C@H](C)C(=O)CCC(=O)N(C)[C@@H]1C(=O)C[C@@H](C)C(=O)N[C@H](C(=O)OC)Cc2ccc(C)c(c2)-c2cc1ccc2OC. The van der Waals surface area contributed by atoms with Crippen LogP contribution >= 0.6 is 0 Å². The van der Waals surface area contributed by atoms with Crippen LogP contribution < -0.4 is 15.4 Å². The van der Waals surface area contributed by atoms with Crippen molar-refractivity contribution >= 4 is 41.2 Å². The van der Waals surface area contributed by atoms with E-state index >= 15 is 0 Å². The zero-order valence-electron chi connectivity index (χ0n) is 40.8. The van der Waals surface area contributed by atoms with Crippen molar-refractivity contribution in [2.24, 2.45) is 5.92 Å². The fraction of sp³-hybridized carbons (Fsp3) is 0.528. The Morgan fingerprint density at radius 2 is 1.49 bits per heavy atom. The van der Waals surface area contributed by atoms with Crippen LogP contribution in [0.3, 0.4) is 0 Å². The molecule has 0 aliphatic carbocycles. The number of ketones is 2. The maximum absolute atomic E-state index is 14.3. The van der Waals surface area contributed by atoms with Gasteiger partial charge >= 0.3 is 5.97 Å².